The van der Waals surface area contributed by atoms with E-state index in [4.69, 9.17) is 17.0 Å². The molecular formula is C16H11BO4. The fourth-order valence-electron chi connectivity index (χ4n) is 2.22. The average Bonchev–Trinajstić information content (AvgIpc) is 2.90. The molecule has 0 atom stereocenters. The number of hydrogen-bond donors (Lipinski definition) is 1. The lowest BCUT2D eigenvalue weighted by Crippen LogP contribution is -2.04. The number of furan rings is 1. The first kappa shape index (κ1) is 13.3. The molecule has 1 N–H and O–H groups in total. The Morgan fingerprint density at radius 1 is 1.24 bits per heavy atom. The van der Waals surface area contributed by atoms with Crippen molar-refractivity contribution in [1.29, 1.82) is 0 Å². The largest absolute Gasteiger partial charge is 0.508 e. The van der Waals surface area contributed by atoms with Crippen LogP contribution in [0.3, 0.4) is 0 Å². The highest BCUT2D eigenvalue weighted by atomic mass is 16.5. The van der Waals surface area contributed by atoms with Crippen LogP contribution in [-0.4, -0.2) is 25.8 Å². The van der Waals surface area contributed by atoms with E-state index in [1.54, 1.807) is 31.4 Å². The summed E-state index contributed by atoms with van der Waals surface area (Å²) in [6.07, 6.45) is 1.35. The minimum absolute atomic E-state index is 0.00909. The topological polar surface area (TPSA) is 59.7 Å². The molecule has 1 heterocycles. The maximum absolute atomic E-state index is 12.5. The number of hydrogen-bond acceptors (Lipinski definition) is 4. The van der Waals surface area contributed by atoms with Crippen LogP contribution in [0.4, 0.5) is 0 Å². The van der Waals surface area contributed by atoms with Crippen LogP contribution in [0.25, 0.3) is 11.0 Å². The number of ketones is 1. The Kier molecular flexibility index (Phi) is 3.18. The molecule has 5 heteroatoms. The lowest BCUT2D eigenvalue weighted by molar-refractivity contribution is 0.103. The third-order valence-corrected chi connectivity index (χ3v) is 3.28. The standard InChI is InChI=1S/C16H11BO4/c1-20-11-4-2-9(3-5-11)15(19)13-8-21-16-12(13)6-10(18)7-14(16)17/h2-8,18H,1H3. The fourth-order valence-corrected chi connectivity index (χ4v) is 2.22. The van der Waals surface area contributed by atoms with Crippen LogP contribution < -0.4 is 10.2 Å². The predicted molar refractivity (Wildman–Crippen MR) is 79.7 cm³/mol. The van der Waals surface area contributed by atoms with E-state index in [1.807, 2.05) is 0 Å². The van der Waals surface area contributed by atoms with Gasteiger partial charge in [-0.2, -0.15) is 0 Å². The summed E-state index contributed by atoms with van der Waals surface area (Å²) in [7, 11) is 7.33. The minimum atomic E-state index is -0.207. The van der Waals surface area contributed by atoms with Gasteiger partial charge in [-0.3, -0.25) is 4.79 Å². The van der Waals surface area contributed by atoms with Gasteiger partial charge < -0.3 is 14.3 Å². The molecule has 3 rings (SSSR count). The van der Waals surface area contributed by atoms with Crippen molar-refractivity contribution >= 4 is 30.1 Å². The summed E-state index contributed by atoms with van der Waals surface area (Å²) in [6, 6.07) is 9.61. The van der Waals surface area contributed by atoms with E-state index in [2.05, 4.69) is 0 Å². The van der Waals surface area contributed by atoms with E-state index < -0.39 is 0 Å². The van der Waals surface area contributed by atoms with Crippen LogP contribution in [0.15, 0.2) is 47.1 Å². The molecule has 0 bridgehead atoms. The number of carbonyl (C=O) groups is 1. The fraction of sp³-hybridized carbons (Fsp3) is 0.0625. The Balaban J connectivity index is 2.09. The molecule has 0 unspecified atom stereocenters. The van der Waals surface area contributed by atoms with Crippen molar-refractivity contribution in [2.75, 3.05) is 7.11 Å². The number of methoxy groups -OCH3 is 1. The molecule has 0 saturated carbocycles. The Hall–Kier alpha value is -2.69. The zero-order chi connectivity index (χ0) is 15.0. The molecule has 21 heavy (non-hydrogen) atoms. The van der Waals surface area contributed by atoms with Gasteiger partial charge in [-0.15, -0.1) is 0 Å². The number of benzene rings is 2. The normalized spacial score (nSPS) is 10.7. The molecule has 0 aliphatic heterocycles. The molecular weight excluding hydrogens is 267 g/mol. The van der Waals surface area contributed by atoms with E-state index in [9.17, 15) is 9.90 Å². The van der Waals surface area contributed by atoms with Crippen LogP contribution in [0.2, 0.25) is 0 Å². The SMILES string of the molecule is [B]c1cc(O)cc2c(C(=O)c3ccc(OC)cc3)coc12. The Bertz CT molecular complexity index is 818. The van der Waals surface area contributed by atoms with Crippen molar-refractivity contribution in [2.24, 2.45) is 0 Å². The number of phenols is 1. The molecule has 0 aliphatic rings. The second kappa shape index (κ2) is 5.02. The first-order valence-corrected chi connectivity index (χ1v) is 6.28. The van der Waals surface area contributed by atoms with Crippen LogP contribution in [0.1, 0.15) is 15.9 Å². The lowest BCUT2D eigenvalue weighted by atomic mass is 9.92. The van der Waals surface area contributed by atoms with E-state index in [0.717, 1.165) is 0 Å². The first-order chi connectivity index (χ1) is 10.1. The highest BCUT2D eigenvalue weighted by Crippen LogP contribution is 2.26. The summed E-state index contributed by atoms with van der Waals surface area (Å²) in [5, 5.41) is 10.1. The highest BCUT2D eigenvalue weighted by molar-refractivity contribution is 6.39. The number of rotatable bonds is 3. The van der Waals surface area contributed by atoms with Crippen LogP contribution in [0.5, 0.6) is 11.5 Å². The van der Waals surface area contributed by atoms with Gasteiger partial charge in [-0.05, 0) is 36.4 Å². The average molecular weight is 278 g/mol. The maximum atomic E-state index is 12.5. The van der Waals surface area contributed by atoms with Gasteiger partial charge in [0.1, 0.15) is 31.2 Å². The summed E-state index contributed by atoms with van der Waals surface area (Å²) >= 11 is 0. The quantitative estimate of drug-likeness (QED) is 0.589. The molecule has 1 aromatic heterocycles. The zero-order valence-corrected chi connectivity index (χ0v) is 11.3. The van der Waals surface area contributed by atoms with Crippen molar-refractivity contribution in [3.8, 4) is 11.5 Å². The zero-order valence-electron chi connectivity index (χ0n) is 11.3. The summed E-state index contributed by atoms with van der Waals surface area (Å²) in [5.74, 6) is 0.456. The molecule has 0 fully saturated rings. The van der Waals surface area contributed by atoms with E-state index >= 15 is 0 Å². The van der Waals surface area contributed by atoms with Crippen LogP contribution in [0, 0.1) is 0 Å². The van der Waals surface area contributed by atoms with Crippen molar-refractivity contribution in [2.45, 2.75) is 0 Å². The Morgan fingerprint density at radius 2 is 1.95 bits per heavy atom. The number of aromatic hydroxyl groups is 1. The highest BCUT2D eigenvalue weighted by Gasteiger charge is 2.17. The molecule has 0 spiro atoms. The van der Waals surface area contributed by atoms with Gasteiger partial charge in [0.15, 0.2) is 5.78 Å². The second-order valence-electron chi connectivity index (χ2n) is 4.62. The van der Waals surface area contributed by atoms with Crippen molar-refractivity contribution in [3.05, 3.63) is 53.8 Å². The van der Waals surface area contributed by atoms with E-state index in [1.165, 1.54) is 18.4 Å². The second-order valence-corrected chi connectivity index (χ2v) is 4.62. The number of ether oxygens (including phenoxy) is 1. The van der Waals surface area contributed by atoms with Gasteiger partial charge in [0.2, 0.25) is 0 Å². The molecule has 0 amide bonds. The number of fused-ring (bicyclic) bond motifs is 1. The van der Waals surface area contributed by atoms with Crippen molar-refractivity contribution < 1.29 is 19.1 Å². The lowest BCUT2D eigenvalue weighted by Gasteiger charge is -2.02. The number of phenolic OH excluding ortho intramolecular Hbond substituents is 1. The molecule has 0 aliphatic carbocycles. The third kappa shape index (κ3) is 2.27. The van der Waals surface area contributed by atoms with Gasteiger partial charge >= 0.3 is 0 Å². The molecule has 0 saturated heterocycles. The van der Waals surface area contributed by atoms with Gasteiger partial charge in [0.05, 0.1) is 12.7 Å². The molecule has 2 radical (unpaired) electrons. The molecule has 102 valence electrons. The van der Waals surface area contributed by atoms with Gasteiger partial charge in [0, 0.05) is 10.9 Å². The molecule has 3 aromatic rings. The minimum Gasteiger partial charge on any atom is -0.508 e. The predicted octanol–water partition coefficient (Wildman–Crippen LogP) is 2.17. The summed E-state index contributed by atoms with van der Waals surface area (Å²) in [5.41, 5.74) is 1.54. The van der Waals surface area contributed by atoms with Gasteiger partial charge in [-0.1, -0.05) is 5.46 Å². The Labute approximate surface area is 122 Å². The first-order valence-electron chi connectivity index (χ1n) is 6.28. The summed E-state index contributed by atoms with van der Waals surface area (Å²) in [6.45, 7) is 0. The van der Waals surface area contributed by atoms with Gasteiger partial charge in [-0.25, -0.2) is 0 Å². The van der Waals surface area contributed by atoms with Crippen LogP contribution >= 0.6 is 0 Å². The molecule has 2 aromatic carbocycles. The summed E-state index contributed by atoms with van der Waals surface area (Å²) < 4.78 is 10.4. The van der Waals surface area contributed by atoms with Crippen LogP contribution in [-0.2, 0) is 0 Å². The number of carbonyl (C=O) groups excluding carboxylic acids is 1. The maximum Gasteiger partial charge on any atom is 0.196 e. The molecule has 4 nitrogen and oxygen atoms in total. The van der Waals surface area contributed by atoms with E-state index in [-0.39, 0.29) is 11.5 Å². The smallest absolute Gasteiger partial charge is 0.196 e. The monoisotopic (exact) mass is 278 g/mol. The van der Waals surface area contributed by atoms with E-state index in [0.29, 0.717) is 33.3 Å². The third-order valence-electron chi connectivity index (χ3n) is 3.28. The van der Waals surface area contributed by atoms with Crippen molar-refractivity contribution in [3.63, 3.8) is 0 Å². The Morgan fingerprint density at radius 3 is 2.62 bits per heavy atom. The van der Waals surface area contributed by atoms with Crippen molar-refractivity contribution in [1.82, 2.24) is 0 Å². The van der Waals surface area contributed by atoms with Gasteiger partial charge in [0.25, 0.3) is 0 Å². The summed E-state index contributed by atoms with van der Waals surface area (Å²) in [4.78, 5) is 12.5.